The van der Waals surface area contributed by atoms with Crippen molar-refractivity contribution in [1.82, 2.24) is 19.6 Å². The van der Waals surface area contributed by atoms with Crippen LogP contribution in [0.4, 0.5) is 5.95 Å². The molecular formula is C15H18N6O2. The second-order valence-corrected chi connectivity index (χ2v) is 5.23. The maximum absolute atomic E-state index is 11.6. The average Bonchev–Trinajstić information content (AvgIpc) is 2.93. The third-order valence-electron chi connectivity index (χ3n) is 3.54. The Labute approximate surface area is 132 Å². The van der Waals surface area contributed by atoms with Crippen LogP contribution in [0.15, 0.2) is 24.3 Å². The largest absolute Gasteiger partial charge is 0.385 e. The van der Waals surface area contributed by atoms with Gasteiger partial charge in [-0.05, 0) is 25.5 Å². The van der Waals surface area contributed by atoms with Gasteiger partial charge >= 0.3 is 0 Å². The molecule has 0 saturated heterocycles. The number of carbonyl (C=O) groups is 1. The first-order valence-electron chi connectivity index (χ1n) is 7.27. The summed E-state index contributed by atoms with van der Waals surface area (Å²) in [5.41, 5.74) is 6.91. The van der Waals surface area contributed by atoms with E-state index in [0.717, 1.165) is 10.9 Å². The Balaban J connectivity index is 2.09. The monoisotopic (exact) mass is 314 g/mol. The predicted octanol–water partition coefficient (Wildman–Crippen LogP) is 0.888. The van der Waals surface area contributed by atoms with E-state index in [2.05, 4.69) is 20.4 Å². The van der Waals surface area contributed by atoms with Gasteiger partial charge in [-0.1, -0.05) is 12.1 Å². The van der Waals surface area contributed by atoms with E-state index in [-0.39, 0.29) is 0 Å². The van der Waals surface area contributed by atoms with Gasteiger partial charge in [0, 0.05) is 19.1 Å². The van der Waals surface area contributed by atoms with Crippen LogP contribution in [0.5, 0.6) is 0 Å². The molecule has 1 aromatic carbocycles. The summed E-state index contributed by atoms with van der Waals surface area (Å²) in [6.45, 7) is 2.22. The number of anilines is 1. The van der Waals surface area contributed by atoms with Gasteiger partial charge in [0.15, 0.2) is 5.65 Å². The van der Waals surface area contributed by atoms with Crippen molar-refractivity contribution in [3.05, 3.63) is 30.1 Å². The molecule has 120 valence electrons. The summed E-state index contributed by atoms with van der Waals surface area (Å²) in [4.78, 5) is 20.6. The number of nitrogens with one attached hydrogen (secondary N) is 1. The fourth-order valence-electron chi connectivity index (χ4n) is 2.43. The molecule has 2 aromatic heterocycles. The summed E-state index contributed by atoms with van der Waals surface area (Å²) < 4.78 is 6.62. The highest BCUT2D eigenvalue weighted by Crippen LogP contribution is 2.21. The average molecular weight is 314 g/mol. The Morgan fingerprint density at radius 3 is 2.91 bits per heavy atom. The molecule has 8 nitrogen and oxygen atoms in total. The number of aryl methyl sites for hydroxylation is 1. The quantitative estimate of drug-likeness (QED) is 0.699. The van der Waals surface area contributed by atoms with Gasteiger partial charge in [0.25, 0.3) is 0 Å². The maximum Gasteiger partial charge on any atom is 0.240 e. The van der Waals surface area contributed by atoms with Crippen LogP contribution in [0.2, 0.25) is 0 Å². The molecular weight excluding hydrogens is 296 g/mol. The van der Waals surface area contributed by atoms with Gasteiger partial charge in [0.05, 0.1) is 5.52 Å². The number of nitrogens with zero attached hydrogens (tertiary/aromatic N) is 4. The lowest BCUT2D eigenvalue weighted by atomic mass is 10.2. The van der Waals surface area contributed by atoms with E-state index in [1.165, 1.54) is 0 Å². The van der Waals surface area contributed by atoms with Crippen molar-refractivity contribution in [2.24, 2.45) is 5.73 Å². The minimum absolute atomic E-state index is 0.410. The van der Waals surface area contributed by atoms with Gasteiger partial charge < -0.3 is 15.8 Å². The molecule has 0 aliphatic heterocycles. The van der Waals surface area contributed by atoms with Gasteiger partial charge in [-0.15, -0.1) is 5.10 Å². The number of ether oxygens (including phenoxy) is 1. The first-order valence-corrected chi connectivity index (χ1v) is 7.27. The van der Waals surface area contributed by atoms with Crippen molar-refractivity contribution in [1.29, 1.82) is 0 Å². The van der Waals surface area contributed by atoms with Gasteiger partial charge in [0.1, 0.15) is 11.9 Å². The molecule has 23 heavy (non-hydrogen) atoms. The molecule has 1 amide bonds. The molecule has 0 spiro atoms. The van der Waals surface area contributed by atoms with Crippen molar-refractivity contribution >= 4 is 28.4 Å². The molecule has 0 aliphatic rings. The summed E-state index contributed by atoms with van der Waals surface area (Å²) in [5, 5.41) is 8.30. The molecule has 0 aliphatic carbocycles. The Hall–Kier alpha value is -2.74. The smallest absolute Gasteiger partial charge is 0.240 e. The minimum atomic E-state index is -0.601. The third kappa shape index (κ3) is 2.93. The van der Waals surface area contributed by atoms with E-state index in [0.29, 0.717) is 30.4 Å². The Morgan fingerprint density at radius 2 is 2.17 bits per heavy atom. The first kappa shape index (κ1) is 15.2. The molecule has 0 unspecified atom stereocenters. The van der Waals surface area contributed by atoms with E-state index in [9.17, 15) is 4.79 Å². The third-order valence-corrected chi connectivity index (χ3v) is 3.54. The van der Waals surface area contributed by atoms with Gasteiger partial charge in [-0.2, -0.15) is 4.52 Å². The van der Waals surface area contributed by atoms with Crippen molar-refractivity contribution < 1.29 is 9.53 Å². The van der Waals surface area contributed by atoms with Crippen molar-refractivity contribution in [2.75, 3.05) is 19.0 Å². The molecule has 1 atom stereocenters. The van der Waals surface area contributed by atoms with Crippen LogP contribution in [-0.2, 0) is 9.53 Å². The van der Waals surface area contributed by atoms with Crippen LogP contribution < -0.4 is 11.1 Å². The topological polar surface area (TPSA) is 107 Å². The molecule has 3 N–H and O–H groups in total. The number of para-hydroxylation sites is 1. The normalized spacial score (nSPS) is 12.6. The van der Waals surface area contributed by atoms with Gasteiger partial charge in [-0.25, -0.2) is 9.97 Å². The molecule has 8 heteroatoms. The summed E-state index contributed by atoms with van der Waals surface area (Å²) in [5.74, 6) is 0.583. The summed E-state index contributed by atoms with van der Waals surface area (Å²) in [7, 11) is 1.57. The molecule has 2 heterocycles. The molecule has 0 radical (unpaired) electrons. The summed E-state index contributed by atoms with van der Waals surface area (Å²) in [6.07, 6.45) is 0.440. The van der Waals surface area contributed by atoms with Crippen molar-refractivity contribution in [3.63, 3.8) is 0 Å². The Kier molecular flexibility index (Phi) is 4.07. The number of benzene rings is 1. The fourth-order valence-corrected chi connectivity index (χ4v) is 2.43. The number of amides is 1. The second kappa shape index (κ2) is 6.17. The second-order valence-electron chi connectivity index (χ2n) is 5.23. The number of rotatable bonds is 6. The van der Waals surface area contributed by atoms with Crippen molar-refractivity contribution in [3.8, 4) is 0 Å². The molecule has 3 rings (SSSR count). The highest BCUT2D eigenvalue weighted by molar-refractivity contribution is 5.92. The molecule has 0 fully saturated rings. The maximum atomic E-state index is 11.6. The lowest BCUT2D eigenvalue weighted by Gasteiger charge is -2.16. The first-order chi connectivity index (χ1) is 11.1. The number of primary amides is 1. The van der Waals surface area contributed by atoms with E-state index >= 15 is 0 Å². The lowest BCUT2D eigenvalue weighted by Crippen LogP contribution is -2.37. The van der Waals surface area contributed by atoms with E-state index in [1.54, 1.807) is 11.6 Å². The SMILES string of the molecule is COCC[C@H](Nc1nc2ccccc2c2nc(C)nn12)C(N)=O. The highest BCUT2D eigenvalue weighted by Gasteiger charge is 2.19. The Morgan fingerprint density at radius 1 is 1.39 bits per heavy atom. The summed E-state index contributed by atoms with van der Waals surface area (Å²) in [6, 6.07) is 7.04. The fraction of sp³-hybridized carbons (Fsp3) is 0.333. The van der Waals surface area contributed by atoms with Crippen LogP contribution in [-0.4, -0.2) is 45.2 Å². The van der Waals surface area contributed by atoms with Gasteiger partial charge in [-0.3, -0.25) is 4.79 Å². The van der Waals surface area contributed by atoms with Crippen LogP contribution >= 0.6 is 0 Å². The number of aromatic nitrogens is 4. The van der Waals surface area contributed by atoms with Crippen LogP contribution in [0.3, 0.4) is 0 Å². The highest BCUT2D eigenvalue weighted by atomic mass is 16.5. The van der Waals surface area contributed by atoms with E-state index in [1.807, 2.05) is 31.2 Å². The number of hydrogen-bond acceptors (Lipinski definition) is 6. The van der Waals surface area contributed by atoms with Gasteiger partial charge in [0.2, 0.25) is 11.9 Å². The number of methoxy groups -OCH3 is 1. The zero-order chi connectivity index (χ0) is 16.4. The van der Waals surface area contributed by atoms with E-state index in [4.69, 9.17) is 10.5 Å². The predicted molar refractivity (Wildman–Crippen MR) is 86.1 cm³/mol. The molecule has 0 saturated carbocycles. The zero-order valence-corrected chi connectivity index (χ0v) is 13.0. The molecule has 3 aromatic rings. The van der Waals surface area contributed by atoms with Crippen LogP contribution in [0.1, 0.15) is 12.2 Å². The summed E-state index contributed by atoms with van der Waals surface area (Å²) >= 11 is 0. The zero-order valence-electron chi connectivity index (χ0n) is 13.0. The minimum Gasteiger partial charge on any atom is -0.385 e. The van der Waals surface area contributed by atoms with E-state index < -0.39 is 11.9 Å². The van der Waals surface area contributed by atoms with Crippen molar-refractivity contribution in [2.45, 2.75) is 19.4 Å². The van der Waals surface area contributed by atoms with Crippen LogP contribution in [0.25, 0.3) is 16.6 Å². The molecule has 0 bridgehead atoms. The lowest BCUT2D eigenvalue weighted by molar-refractivity contribution is -0.119. The number of carbonyl (C=O) groups excluding carboxylic acids is 1. The Bertz CT molecular complexity index is 860. The number of fused-ring (bicyclic) bond motifs is 3. The number of hydrogen-bond donors (Lipinski definition) is 2. The van der Waals surface area contributed by atoms with Crippen LogP contribution in [0, 0.1) is 6.92 Å². The standard InChI is InChI=1S/C15H18N6O2/c1-9-17-14-10-5-3-4-6-11(10)18-15(21(14)20-9)19-12(13(16)22)7-8-23-2/h3-6,12H,7-8H2,1-2H3,(H2,16,22)(H,18,19)/t12-/m0/s1. The number of nitrogens with two attached hydrogens (primary N) is 1.